The van der Waals surface area contributed by atoms with Gasteiger partial charge < -0.3 is 47.4 Å². The van der Waals surface area contributed by atoms with Crippen LogP contribution in [0.1, 0.15) is 34.5 Å². The fourth-order valence-corrected chi connectivity index (χ4v) is 4.50. The van der Waals surface area contributed by atoms with Crippen LogP contribution in [0.5, 0.6) is 40.2 Å². The number of fused-ring (bicyclic) bond motifs is 1. The van der Waals surface area contributed by atoms with Gasteiger partial charge in [0.15, 0.2) is 47.8 Å². The Morgan fingerprint density at radius 3 is 2.02 bits per heavy atom. The molecule has 0 saturated carbocycles. The minimum atomic E-state index is -0.729. The minimum Gasteiger partial charge on any atom is -0.493 e. The predicted octanol–water partition coefficient (Wildman–Crippen LogP) is 4.98. The largest absolute Gasteiger partial charge is 0.493 e. The molecule has 11 nitrogen and oxygen atoms in total. The first kappa shape index (κ1) is 30.8. The Balaban J connectivity index is 1.81. The van der Waals surface area contributed by atoms with Gasteiger partial charge in [-0.2, -0.15) is 0 Å². The van der Waals surface area contributed by atoms with Crippen LogP contribution in [-0.2, 0) is 20.8 Å². The normalized spacial score (nSPS) is 15.6. The Kier molecular flexibility index (Phi) is 10.7. The first-order valence-corrected chi connectivity index (χ1v) is 13.2. The van der Waals surface area contributed by atoms with E-state index in [4.69, 9.17) is 47.4 Å². The highest BCUT2D eigenvalue weighted by atomic mass is 16.7. The molecule has 2 atom stereocenters. The van der Waals surface area contributed by atoms with Crippen molar-refractivity contribution in [2.45, 2.75) is 25.7 Å². The number of hydrogen-bond donors (Lipinski definition) is 0. The van der Waals surface area contributed by atoms with E-state index in [2.05, 4.69) is 0 Å². The van der Waals surface area contributed by atoms with E-state index in [-0.39, 0.29) is 49.8 Å². The van der Waals surface area contributed by atoms with E-state index >= 15 is 0 Å². The summed E-state index contributed by atoms with van der Waals surface area (Å²) in [6, 6.07) is 14.7. The van der Waals surface area contributed by atoms with Gasteiger partial charge >= 0.3 is 0 Å². The molecule has 42 heavy (non-hydrogen) atoms. The summed E-state index contributed by atoms with van der Waals surface area (Å²) in [5, 5.41) is 0. The molecule has 0 N–H and O–H groups in total. The van der Waals surface area contributed by atoms with Gasteiger partial charge in [-0.3, -0.25) is 4.79 Å². The van der Waals surface area contributed by atoms with Gasteiger partial charge in [0.2, 0.25) is 17.2 Å². The third kappa shape index (κ3) is 6.81. The number of carbonyl (C=O) groups excluding carboxylic acids is 1. The van der Waals surface area contributed by atoms with Crippen LogP contribution in [0.15, 0.2) is 48.5 Å². The Morgan fingerprint density at radius 2 is 1.43 bits per heavy atom. The number of rotatable bonds is 15. The Labute approximate surface area is 245 Å². The van der Waals surface area contributed by atoms with Crippen molar-refractivity contribution >= 4 is 5.78 Å². The van der Waals surface area contributed by atoms with E-state index in [1.807, 2.05) is 30.3 Å². The highest BCUT2D eigenvalue weighted by Gasteiger charge is 2.39. The maximum Gasteiger partial charge on any atom is 0.208 e. The second-order valence-electron chi connectivity index (χ2n) is 9.22. The molecule has 11 heteroatoms. The minimum absolute atomic E-state index is 0.00258. The van der Waals surface area contributed by atoms with Crippen molar-refractivity contribution in [2.75, 3.05) is 55.7 Å². The van der Waals surface area contributed by atoms with Crippen LogP contribution >= 0.6 is 0 Å². The zero-order chi connectivity index (χ0) is 30.1. The molecule has 3 aromatic rings. The number of benzene rings is 3. The predicted molar refractivity (Wildman–Crippen MR) is 151 cm³/mol. The summed E-state index contributed by atoms with van der Waals surface area (Å²) in [7, 11) is 7.58. The van der Waals surface area contributed by atoms with Crippen LogP contribution in [-0.4, -0.2) is 67.6 Å². The molecule has 3 aromatic carbocycles. The molecular weight excluding hydrogens is 548 g/mol. The number of Topliss-reactive ketones (excluding diaryl/α,β-unsaturated/α-hetero) is 1. The van der Waals surface area contributed by atoms with Gasteiger partial charge in [-0.25, -0.2) is 0 Å². The number of carbonyl (C=O) groups is 1. The van der Waals surface area contributed by atoms with E-state index < -0.39 is 12.2 Å². The fraction of sp³-hybridized carbons (Fsp3) is 0.387. The monoisotopic (exact) mass is 584 g/mol. The molecule has 1 aliphatic heterocycles. The van der Waals surface area contributed by atoms with E-state index in [1.54, 1.807) is 18.2 Å². The van der Waals surface area contributed by atoms with Crippen LogP contribution in [0, 0.1) is 0 Å². The number of ether oxygens (including phenoxy) is 10. The smallest absolute Gasteiger partial charge is 0.208 e. The summed E-state index contributed by atoms with van der Waals surface area (Å²) in [4.78, 5) is 12.7. The second kappa shape index (κ2) is 14.6. The summed E-state index contributed by atoms with van der Waals surface area (Å²) in [6.45, 7) is 1.76. The van der Waals surface area contributed by atoms with Gasteiger partial charge in [0.05, 0.1) is 33.5 Å². The highest BCUT2D eigenvalue weighted by Crippen LogP contribution is 2.53. The van der Waals surface area contributed by atoms with Gasteiger partial charge in [-0.1, -0.05) is 30.3 Å². The van der Waals surface area contributed by atoms with Crippen molar-refractivity contribution in [1.82, 2.24) is 0 Å². The molecule has 1 heterocycles. The van der Waals surface area contributed by atoms with Crippen LogP contribution < -0.4 is 33.2 Å². The SMILES string of the molecule is COCOC[C@@H]1Oc2c(c(OC)cc(C(C)=O)c2OCc2ccccc2)O[C@H]1c1cc(OC)c(OCOC)c(OC)c1. The fourth-order valence-electron chi connectivity index (χ4n) is 4.50. The summed E-state index contributed by atoms with van der Waals surface area (Å²) in [6.07, 6.45) is -1.44. The third-order valence-corrected chi connectivity index (χ3v) is 6.45. The topological polar surface area (TPSA) is 109 Å². The van der Waals surface area contributed by atoms with Crippen molar-refractivity contribution < 1.29 is 52.2 Å². The molecule has 0 saturated heterocycles. The Morgan fingerprint density at radius 1 is 0.762 bits per heavy atom. The van der Waals surface area contributed by atoms with E-state index in [1.165, 1.54) is 42.5 Å². The lowest BCUT2D eigenvalue weighted by molar-refractivity contribution is -0.0880. The van der Waals surface area contributed by atoms with Gasteiger partial charge in [0.1, 0.15) is 13.4 Å². The summed E-state index contributed by atoms with van der Waals surface area (Å²) < 4.78 is 57.8. The quantitative estimate of drug-likeness (QED) is 0.137. The van der Waals surface area contributed by atoms with E-state index in [0.29, 0.717) is 34.1 Å². The van der Waals surface area contributed by atoms with Gasteiger partial charge in [-0.15, -0.1) is 0 Å². The average Bonchev–Trinajstić information content (AvgIpc) is 3.02. The van der Waals surface area contributed by atoms with E-state index in [0.717, 1.165) is 5.56 Å². The number of ketones is 1. The van der Waals surface area contributed by atoms with Gasteiger partial charge in [-0.05, 0) is 30.7 Å². The molecule has 0 radical (unpaired) electrons. The molecule has 0 unspecified atom stereocenters. The maximum absolute atomic E-state index is 12.7. The van der Waals surface area contributed by atoms with Crippen molar-refractivity contribution in [3.63, 3.8) is 0 Å². The third-order valence-electron chi connectivity index (χ3n) is 6.45. The van der Waals surface area contributed by atoms with Crippen LogP contribution in [0.25, 0.3) is 0 Å². The molecule has 0 aliphatic carbocycles. The van der Waals surface area contributed by atoms with Crippen molar-refractivity contribution in [3.05, 3.63) is 65.2 Å². The lowest BCUT2D eigenvalue weighted by Gasteiger charge is -2.36. The van der Waals surface area contributed by atoms with Crippen molar-refractivity contribution in [2.24, 2.45) is 0 Å². The van der Waals surface area contributed by atoms with Crippen LogP contribution in [0.3, 0.4) is 0 Å². The van der Waals surface area contributed by atoms with E-state index in [9.17, 15) is 4.79 Å². The number of hydrogen-bond acceptors (Lipinski definition) is 11. The first-order chi connectivity index (χ1) is 20.4. The molecule has 1 aliphatic rings. The Bertz CT molecular complexity index is 1320. The molecule has 0 spiro atoms. The molecule has 4 rings (SSSR count). The first-order valence-electron chi connectivity index (χ1n) is 13.2. The standard InChI is InChI=1S/C31H36O11/c1-19(32)22-14-25(37-6)30-31(28(22)39-15-20-10-8-7-9-11-20)41-26(16-38-17-33-2)27(42-30)21-12-23(35-4)29(40-18-34-3)24(13-21)36-5/h7-14,26-27H,15-18H2,1-6H3/t26-,27-/m0/s1. The summed E-state index contributed by atoms with van der Waals surface area (Å²) in [5.74, 6) is 2.01. The van der Waals surface area contributed by atoms with Crippen LogP contribution in [0.2, 0.25) is 0 Å². The molecule has 0 aromatic heterocycles. The maximum atomic E-state index is 12.7. The van der Waals surface area contributed by atoms with Gasteiger partial charge in [0.25, 0.3) is 0 Å². The Hall–Kier alpha value is -4.19. The summed E-state index contributed by atoms with van der Waals surface area (Å²) in [5.41, 5.74) is 1.86. The summed E-state index contributed by atoms with van der Waals surface area (Å²) >= 11 is 0. The number of methoxy groups -OCH3 is 5. The zero-order valence-corrected chi connectivity index (χ0v) is 24.6. The molecule has 0 amide bonds. The van der Waals surface area contributed by atoms with Crippen LogP contribution in [0.4, 0.5) is 0 Å². The molecule has 226 valence electrons. The lowest BCUT2D eigenvalue weighted by Crippen LogP contribution is -2.37. The molecule has 0 fully saturated rings. The highest BCUT2D eigenvalue weighted by molar-refractivity contribution is 5.99. The second-order valence-corrected chi connectivity index (χ2v) is 9.22. The van der Waals surface area contributed by atoms with Crippen molar-refractivity contribution in [3.8, 4) is 40.2 Å². The van der Waals surface area contributed by atoms with Crippen molar-refractivity contribution in [1.29, 1.82) is 0 Å². The molecular formula is C31H36O11. The molecule has 0 bridgehead atoms. The zero-order valence-electron chi connectivity index (χ0n) is 24.6. The average molecular weight is 585 g/mol. The lowest BCUT2D eigenvalue weighted by atomic mass is 10.0. The van der Waals surface area contributed by atoms with Gasteiger partial charge in [0, 0.05) is 19.8 Å².